The topological polar surface area (TPSA) is 40.6 Å². The van der Waals surface area contributed by atoms with Crippen molar-refractivity contribution in [2.75, 3.05) is 18.0 Å². The minimum atomic E-state index is 0.121. The highest BCUT2D eigenvalue weighted by Crippen LogP contribution is 2.30. The number of nitrogens with zero attached hydrogens (tertiary/aromatic N) is 2. The molecule has 118 valence electrons. The first-order valence-corrected chi connectivity index (χ1v) is 8.21. The van der Waals surface area contributed by atoms with Gasteiger partial charge in [0.05, 0.1) is 0 Å². The van der Waals surface area contributed by atoms with Crippen LogP contribution in [-0.4, -0.2) is 35.8 Å². The molecule has 0 radical (unpaired) electrons. The molecule has 4 nitrogen and oxygen atoms in total. The molecular weight excluding hydrogens is 276 g/mol. The molecule has 2 unspecified atom stereocenters. The van der Waals surface area contributed by atoms with Crippen LogP contribution in [0.25, 0.3) is 0 Å². The Bertz CT molecular complexity index is 584. The third-order valence-electron chi connectivity index (χ3n) is 5.04. The molecule has 3 rings (SSSR count). The number of anilines is 1. The SMILES string of the molecule is CC(=O)N1CC(CC(=O)N2CCc3ccccc32)CCC1C. The van der Waals surface area contributed by atoms with Crippen LogP contribution in [0.2, 0.25) is 0 Å². The van der Waals surface area contributed by atoms with Crippen LogP contribution in [-0.2, 0) is 16.0 Å². The van der Waals surface area contributed by atoms with E-state index in [1.165, 1.54) is 5.56 Å². The van der Waals surface area contributed by atoms with E-state index in [2.05, 4.69) is 13.0 Å². The van der Waals surface area contributed by atoms with Gasteiger partial charge in [0.15, 0.2) is 0 Å². The zero-order valence-corrected chi connectivity index (χ0v) is 13.4. The fourth-order valence-electron chi connectivity index (χ4n) is 3.74. The van der Waals surface area contributed by atoms with E-state index in [1.54, 1.807) is 6.92 Å². The van der Waals surface area contributed by atoms with Crippen LogP contribution >= 0.6 is 0 Å². The molecule has 2 amide bonds. The van der Waals surface area contributed by atoms with E-state index in [4.69, 9.17) is 0 Å². The number of para-hydroxylation sites is 1. The molecule has 0 aromatic heterocycles. The summed E-state index contributed by atoms with van der Waals surface area (Å²) in [5.41, 5.74) is 2.33. The Morgan fingerprint density at radius 1 is 1.23 bits per heavy atom. The lowest BCUT2D eigenvalue weighted by molar-refractivity contribution is -0.134. The van der Waals surface area contributed by atoms with Crippen LogP contribution in [0.1, 0.15) is 38.7 Å². The lowest BCUT2D eigenvalue weighted by atomic mass is 9.90. The average molecular weight is 300 g/mol. The van der Waals surface area contributed by atoms with Gasteiger partial charge in [-0.1, -0.05) is 18.2 Å². The third kappa shape index (κ3) is 2.87. The Hall–Kier alpha value is -1.84. The second-order valence-electron chi connectivity index (χ2n) is 6.59. The minimum Gasteiger partial charge on any atom is -0.340 e. The molecule has 2 atom stereocenters. The molecule has 0 saturated carbocycles. The van der Waals surface area contributed by atoms with Crippen molar-refractivity contribution in [2.45, 2.75) is 45.6 Å². The van der Waals surface area contributed by atoms with Crippen LogP contribution < -0.4 is 4.90 Å². The van der Waals surface area contributed by atoms with Crippen molar-refractivity contribution in [1.82, 2.24) is 4.90 Å². The fourth-order valence-corrected chi connectivity index (χ4v) is 3.74. The zero-order chi connectivity index (χ0) is 15.7. The molecule has 0 spiro atoms. The molecule has 1 aromatic rings. The van der Waals surface area contributed by atoms with Gasteiger partial charge in [-0.05, 0) is 43.7 Å². The number of amides is 2. The number of piperidine rings is 1. The van der Waals surface area contributed by atoms with Crippen molar-refractivity contribution in [2.24, 2.45) is 5.92 Å². The number of rotatable bonds is 2. The largest absolute Gasteiger partial charge is 0.340 e. The Morgan fingerprint density at radius 2 is 2.00 bits per heavy atom. The maximum Gasteiger partial charge on any atom is 0.227 e. The monoisotopic (exact) mass is 300 g/mol. The summed E-state index contributed by atoms with van der Waals surface area (Å²) < 4.78 is 0. The van der Waals surface area contributed by atoms with Crippen molar-refractivity contribution in [3.05, 3.63) is 29.8 Å². The summed E-state index contributed by atoms with van der Waals surface area (Å²) >= 11 is 0. The van der Waals surface area contributed by atoms with E-state index in [-0.39, 0.29) is 11.8 Å². The summed E-state index contributed by atoms with van der Waals surface area (Å²) in [6, 6.07) is 8.45. The number of carbonyl (C=O) groups excluding carboxylic acids is 2. The molecule has 1 fully saturated rings. The van der Waals surface area contributed by atoms with Crippen LogP contribution in [0.3, 0.4) is 0 Å². The number of hydrogen-bond donors (Lipinski definition) is 0. The summed E-state index contributed by atoms with van der Waals surface area (Å²) in [6.45, 7) is 5.23. The highest BCUT2D eigenvalue weighted by atomic mass is 16.2. The second-order valence-corrected chi connectivity index (χ2v) is 6.59. The van der Waals surface area contributed by atoms with Gasteiger partial charge in [0.1, 0.15) is 0 Å². The average Bonchev–Trinajstić information content (AvgIpc) is 2.93. The summed E-state index contributed by atoms with van der Waals surface area (Å²) in [7, 11) is 0. The van der Waals surface area contributed by atoms with E-state index in [9.17, 15) is 9.59 Å². The van der Waals surface area contributed by atoms with Gasteiger partial charge in [-0.3, -0.25) is 9.59 Å². The molecule has 4 heteroatoms. The summed E-state index contributed by atoms with van der Waals surface area (Å²) in [4.78, 5) is 28.2. The summed E-state index contributed by atoms with van der Waals surface area (Å²) in [6.07, 6.45) is 3.52. The number of benzene rings is 1. The van der Waals surface area contributed by atoms with Gasteiger partial charge in [-0.15, -0.1) is 0 Å². The van der Waals surface area contributed by atoms with Crippen molar-refractivity contribution >= 4 is 17.5 Å². The Kier molecular flexibility index (Phi) is 4.19. The number of fused-ring (bicyclic) bond motifs is 1. The van der Waals surface area contributed by atoms with Crippen molar-refractivity contribution < 1.29 is 9.59 Å². The van der Waals surface area contributed by atoms with Gasteiger partial charge in [-0.25, -0.2) is 0 Å². The first-order chi connectivity index (χ1) is 10.6. The maximum atomic E-state index is 12.7. The lowest BCUT2D eigenvalue weighted by Crippen LogP contribution is -2.45. The summed E-state index contributed by atoms with van der Waals surface area (Å²) in [5.74, 6) is 0.615. The zero-order valence-electron chi connectivity index (χ0n) is 13.4. The quantitative estimate of drug-likeness (QED) is 0.842. The van der Waals surface area contributed by atoms with Gasteiger partial charge in [0, 0.05) is 38.2 Å². The van der Waals surface area contributed by atoms with E-state index >= 15 is 0 Å². The van der Waals surface area contributed by atoms with E-state index in [1.807, 2.05) is 28.0 Å². The maximum absolute atomic E-state index is 12.7. The van der Waals surface area contributed by atoms with Crippen molar-refractivity contribution in [3.8, 4) is 0 Å². The lowest BCUT2D eigenvalue weighted by Gasteiger charge is -2.37. The second kappa shape index (κ2) is 6.11. The summed E-state index contributed by atoms with van der Waals surface area (Å²) in [5, 5.41) is 0. The Morgan fingerprint density at radius 3 is 2.77 bits per heavy atom. The van der Waals surface area contributed by atoms with Gasteiger partial charge in [0.25, 0.3) is 0 Å². The van der Waals surface area contributed by atoms with Gasteiger partial charge >= 0.3 is 0 Å². The number of likely N-dealkylation sites (tertiary alicyclic amines) is 1. The van der Waals surface area contributed by atoms with Crippen molar-refractivity contribution in [3.63, 3.8) is 0 Å². The van der Waals surface area contributed by atoms with E-state index in [0.29, 0.717) is 18.4 Å². The minimum absolute atomic E-state index is 0.121. The highest BCUT2D eigenvalue weighted by molar-refractivity contribution is 5.95. The Balaban J connectivity index is 1.64. The molecule has 0 bridgehead atoms. The molecule has 2 aliphatic heterocycles. The van der Waals surface area contributed by atoms with Crippen LogP contribution in [0, 0.1) is 5.92 Å². The van der Waals surface area contributed by atoms with Crippen LogP contribution in [0.5, 0.6) is 0 Å². The molecular formula is C18H24N2O2. The predicted molar refractivity (Wildman–Crippen MR) is 86.7 cm³/mol. The molecule has 22 heavy (non-hydrogen) atoms. The van der Waals surface area contributed by atoms with Crippen LogP contribution in [0.15, 0.2) is 24.3 Å². The van der Waals surface area contributed by atoms with E-state index in [0.717, 1.165) is 38.0 Å². The molecule has 2 aliphatic rings. The standard InChI is InChI=1S/C18H24N2O2/c1-13-7-8-15(12-20(13)14(2)21)11-18(22)19-10-9-16-5-3-4-6-17(16)19/h3-6,13,15H,7-12H2,1-2H3. The van der Waals surface area contributed by atoms with Crippen LogP contribution in [0.4, 0.5) is 5.69 Å². The van der Waals surface area contributed by atoms with Gasteiger partial charge in [-0.2, -0.15) is 0 Å². The first-order valence-electron chi connectivity index (χ1n) is 8.21. The normalized spacial score (nSPS) is 24.3. The first kappa shape index (κ1) is 15.1. The van der Waals surface area contributed by atoms with Crippen molar-refractivity contribution in [1.29, 1.82) is 0 Å². The Labute approximate surface area is 132 Å². The molecule has 0 N–H and O–H groups in total. The predicted octanol–water partition coefficient (Wildman–Crippen LogP) is 2.61. The molecule has 1 aromatic carbocycles. The fraction of sp³-hybridized carbons (Fsp3) is 0.556. The smallest absolute Gasteiger partial charge is 0.227 e. The third-order valence-corrected chi connectivity index (χ3v) is 5.04. The molecule has 1 saturated heterocycles. The number of carbonyl (C=O) groups is 2. The molecule has 0 aliphatic carbocycles. The van der Waals surface area contributed by atoms with Gasteiger partial charge in [0.2, 0.25) is 11.8 Å². The number of hydrogen-bond acceptors (Lipinski definition) is 2. The highest BCUT2D eigenvalue weighted by Gasteiger charge is 2.31. The van der Waals surface area contributed by atoms with E-state index < -0.39 is 0 Å². The molecule has 2 heterocycles. The van der Waals surface area contributed by atoms with Gasteiger partial charge < -0.3 is 9.80 Å².